The summed E-state index contributed by atoms with van der Waals surface area (Å²) in [6, 6.07) is 5.34. The van der Waals surface area contributed by atoms with Crippen LogP contribution in [0.4, 0.5) is 13.2 Å². The maximum absolute atomic E-state index is 12.5. The summed E-state index contributed by atoms with van der Waals surface area (Å²) in [4.78, 5) is 13.9. The van der Waals surface area contributed by atoms with Crippen LogP contribution in [0, 0.1) is 0 Å². The predicted molar refractivity (Wildman–Crippen MR) is 87.4 cm³/mol. The van der Waals surface area contributed by atoms with E-state index in [0.717, 1.165) is 43.4 Å². The number of nitrogens with one attached hydrogen (secondary N) is 1. The van der Waals surface area contributed by atoms with Gasteiger partial charge in [0.15, 0.2) is 0 Å². The molecule has 0 bridgehead atoms. The fourth-order valence-electron chi connectivity index (χ4n) is 3.11. The molecule has 0 spiro atoms. The lowest BCUT2D eigenvalue weighted by atomic mass is 10.1. The number of alkyl halides is 3. The van der Waals surface area contributed by atoms with E-state index in [0.29, 0.717) is 6.54 Å². The van der Waals surface area contributed by atoms with Crippen molar-refractivity contribution >= 4 is 5.91 Å². The molecule has 1 aromatic rings. The van der Waals surface area contributed by atoms with Gasteiger partial charge in [0, 0.05) is 12.6 Å². The summed E-state index contributed by atoms with van der Waals surface area (Å²) < 4.78 is 37.6. The third kappa shape index (κ3) is 6.15. The third-order valence-corrected chi connectivity index (χ3v) is 4.37. The highest BCUT2D eigenvalue weighted by atomic mass is 19.4. The van der Waals surface area contributed by atoms with E-state index in [2.05, 4.69) is 5.32 Å². The smallest absolute Gasteiger partial charge is 0.352 e. The topological polar surface area (TPSA) is 32.3 Å². The fraction of sp³-hybridized carbons (Fsp3) is 0.611. The molecular formula is C18H25F3N2O. The monoisotopic (exact) mass is 342 g/mol. The molecule has 0 aliphatic heterocycles. The highest BCUT2D eigenvalue weighted by Gasteiger charge is 2.29. The molecule has 24 heavy (non-hydrogen) atoms. The van der Waals surface area contributed by atoms with Crippen molar-refractivity contribution in [3.63, 3.8) is 0 Å². The average Bonchev–Trinajstić information content (AvgIpc) is 2.75. The van der Waals surface area contributed by atoms with Gasteiger partial charge in [-0.2, -0.15) is 13.2 Å². The summed E-state index contributed by atoms with van der Waals surface area (Å²) >= 11 is 0. The van der Waals surface area contributed by atoms with Gasteiger partial charge in [0.05, 0.1) is 12.1 Å². The van der Waals surface area contributed by atoms with Crippen LogP contribution in [-0.4, -0.2) is 30.4 Å². The van der Waals surface area contributed by atoms with Gasteiger partial charge in [-0.05, 0) is 37.6 Å². The van der Waals surface area contributed by atoms with E-state index in [-0.39, 0.29) is 18.5 Å². The van der Waals surface area contributed by atoms with Crippen LogP contribution in [0.3, 0.4) is 0 Å². The first-order chi connectivity index (χ1) is 11.3. The van der Waals surface area contributed by atoms with Crippen LogP contribution in [0.5, 0.6) is 0 Å². The molecule has 134 valence electrons. The molecule has 0 atom stereocenters. The zero-order valence-electron chi connectivity index (χ0n) is 14.0. The summed E-state index contributed by atoms with van der Waals surface area (Å²) in [6.45, 7) is 0.688. The second kappa shape index (κ2) is 8.51. The number of carbonyl (C=O) groups is 1. The van der Waals surface area contributed by atoms with Crippen LogP contribution in [0.2, 0.25) is 0 Å². The van der Waals surface area contributed by atoms with Crippen LogP contribution in [0.25, 0.3) is 0 Å². The first-order valence-corrected chi connectivity index (χ1v) is 8.48. The molecule has 0 aromatic heterocycles. The molecule has 1 fully saturated rings. The third-order valence-electron chi connectivity index (χ3n) is 4.37. The Kier molecular flexibility index (Phi) is 6.66. The summed E-state index contributed by atoms with van der Waals surface area (Å²) in [6.07, 6.45) is 2.55. The molecule has 1 amide bonds. The van der Waals surface area contributed by atoms with Crippen LogP contribution in [0.1, 0.15) is 49.7 Å². The van der Waals surface area contributed by atoms with E-state index < -0.39 is 11.7 Å². The Bertz CT molecular complexity index is 520. The maximum atomic E-state index is 12.5. The summed E-state index contributed by atoms with van der Waals surface area (Å²) in [5, 5.41) is 3.08. The standard InChI is InChI=1S/C18H25F3N2O/c1-23(12-14-8-10-15(11-9-14)18(19,20)21)13-17(24)22-16-6-4-2-3-5-7-16/h8-11,16H,2-7,12-13H2,1H3,(H,22,24). The Labute approximate surface area is 141 Å². The largest absolute Gasteiger partial charge is 0.416 e. The number of likely N-dealkylation sites (N-methyl/N-ethyl adjacent to an activating group) is 1. The molecule has 1 N–H and O–H groups in total. The fourth-order valence-corrected chi connectivity index (χ4v) is 3.11. The molecular weight excluding hydrogens is 317 g/mol. The summed E-state index contributed by atoms with van der Waals surface area (Å²) in [7, 11) is 1.80. The van der Waals surface area contributed by atoms with Gasteiger partial charge in [-0.1, -0.05) is 37.8 Å². The molecule has 1 aliphatic rings. The van der Waals surface area contributed by atoms with Crippen LogP contribution < -0.4 is 5.32 Å². The van der Waals surface area contributed by atoms with Crippen molar-refractivity contribution in [2.75, 3.05) is 13.6 Å². The van der Waals surface area contributed by atoms with Gasteiger partial charge in [-0.3, -0.25) is 9.69 Å². The average molecular weight is 342 g/mol. The normalized spacial score (nSPS) is 16.9. The van der Waals surface area contributed by atoms with Gasteiger partial charge in [-0.25, -0.2) is 0 Å². The van der Waals surface area contributed by atoms with Crippen molar-refractivity contribution < 1.29 is 18.0 Å². The molecule has 1 aromatic carbocycles. The van der Waals surface area contributed by atoms with Crippen molar-refractivity contribution in [1.82, 2.24) is 10.2 Å². The highest BCUT2D eigenvalue weighted by Crippen LogP contribution is 2.29. The minimum absolute atomic E-state index is 0.0173. The highest BCUT2D eigenvalue weighted by molar-refractivity contribution is 5.78. The number of hydrogen-bond donors (Lipinski definition) is 1. The molecule has 1 saturated carbocycles. The Balaban J connectivity index is 1.79. The minimum Gasteiger partial charge on any atom is -0.352 e. The molecule has 0 heterocycles. The molecule has 2 rings (SSSR count). The lowest BCUT2D eigenvalue weighted by molar-refractivity contribution is -0.137. The number of nitrogens with zero attached hydrogens (tertiary/aromatic N) is 1. The maximum Gasteiger partial charge on any atom is 0.416 e. The van der Waals surface area contributed by atoms with Gasteiger partial charge in [0.1, 0.15) is 0 Å². The van der Waals surface area contributed by atoms with Gasteiger partial charge < -0.3 is 5.32 Å². The molecule has 0 unspecified atom stereocenters. The molecule has 0 saturated heterocycles. The summed E-state index contributed by atoms with van der Waals surface area (Å²) in [5.74, 6) is -0.0173. The predicted octanol–water partition coefficient (Wildman–Crippen LogP) is 3.98. The van der Waals surface area contributed by atoms with Crippen molar-refractivity contribution in [2.24, 2.45) is 0 Å². The summed E-state index contributed by atoms with van der Waals surface area (Å²) in [5.41, 5.74) is 0.104. The van der Waals surface area contributed by atoms with Crippen LogP contribution in [0.15, 0.2) is 24.3 Å². The number of benzene rings is 1. The van der Waals surface area contributed by atoms with Crippen molar-refractivity contribution in [1.29, 1.82) is 0 Å². The van der Waals surface area contributed by atoms with Crippen molar-refractivity contribution in [3.8, 4) is 0 Å². The minimum atomic E-state index is -4.32. The number of halogens is 3. The van der Waals surface area contributed by atoms with Crippen molar-refractivity contribution in [2.45, 2.75) is 57.3 Å². The van der Waals surface area contributed by atoms with Gasteiger partial charge >= 0.3 is 6.18 Å². The number of hydrogen-bond acceptors (Lipinski definition) is 2. The number of rotatable bonds is 5. The quantitative estimate of drug-likeness (QED) is 0.821. The van der Waals surface area contributed by atoms with E-state index >= 15 is 0 Å². The van der Waals surface area contributed by atoms with E-state index in [1.807, 2.05) is 4.90 Å². The molecule has 1 aliphatic carbocycles. The zero-order chi connectivity index (χ0) is 17.6. The number of amides is 1. The molecule has 3 nitrogen and oxygen atoms in total. The van der Waals surface area contributed by atoms with Gasteiger partial charge in [0.25, 0.3) is 0 Å². The number of carbonyl (C=O) groups excluding carboxylic acids is 1. The lowest BCUT2D eigenvalue weighted by Crippen LogP contribution is -2.40. The second-order valence-electron chi connectivity index (χ2n) is 6.62. The molecule has 6 heteroatoms. The lowest BCUT2D eigenvalue weighted by Gasteiger charge is -2.20. The Morgan fingerprint density at radius 1 is 1.12 bits per heavy atom. The van der Waals surface area contributed by atoms with Gasteiger partial charge in [0.2, 0.25) is 5.91 Å². The van der Waals surface area contributed by atoms with Crippen molar-refractivity contribution in [3.05, 3.63) is 35.4 Å². The Morgan fingerprint density at radius 2 is 1.71 bits per heavy atom. The zero-order valence-corrected chi connectivity index (χ0v) is 14.0. The SMILES string of the molecule is CN(CC(=O)NC1CCCCCC1)Cc1ccc(C(F)(F)F)cc1. The second-order valence-corrected chi connectivity index (χ2v) is 6.62. The molecule has 0 radical (unpaired) electrons. The van der Waals surface area contributed by atoms with E-state index in [1.54, 1.807) is 7.05 Å². The first kappa shape index (κ1) is 18.8. The first-order valence-electron chi connectivity index (χ1n) is 8.48. The van der Waals surface area contributed by atoms with E-state index in [1.165, 1.54) is 25.0 Å². The van der Waals surface area contributed by atoms with Crippen LogP contribution in [-0.2, 0) is 17.5 Å². The Hall–Kier alpha value is -1.56. The Morgan fingerprint density at radius 3 is 2.25 bits per heavy atom. The van der Waals surface area contributed by atoms with E-state index in [4.69, 9.17) is 0 Å². The van der Waals surface area contributed by atoms with Crippen LogP contribution >= 0.6 is 0 Å². The van der Waals surface area contributed by atoms with Gasteiger partial charge in [-0.15, -0.1) is 0 Å². The van der Waals surface area contributed by atoms with E-state index in [9.17, 15) is 18.0 Å².